The zero-order valence-corrected chi connectivity index (χ0v) is 11.1. The topological polar surface area (TPSA) is 68.3 Å². The van der Waals surface area contributed by atoms with Gasteiger partial charge in [0.2, 0.25) is 0 Å². The first-order chi connectivity index (χ1) is 8.46. The molecule has 0 fully saturated rings. The van der Waals surface area contributed by atoms with Crippen molar-refractivity contribution < 1.29 is 9.47 Å². The summed E-state index contributed by atoms with van der Waals surface area (Å²) in [5.41, 5.74) is 4.92. The largest absolute Gasteiger partial charge is 0.494 e. The maximum atomic E-state index is 8.87. The molecule has 1 rings (SSSR count). The van der Waals surface area contributed by atoms with Crippen molar-refractivity contribution >= 4 is 0 Å². The Hall–Kier alpha value is -1.73. The number of benzene rings is 1. The molecule has 1 aromatic rings. The van der Waals surface area contributed by atoms with Crippen molar-refractivity contribution in [3.05, 3.63) is 24.3 Å². The third kappa shape index (κ3) is 4.64. The van der Waals surface area contributed by atoms with E-state index in [2.05, 4.69) is 6.07 Å². The highest BCUT2D eigenvalue weighted by molar-refractivity contribution is 5.33. The third-order valence-corrected chi connectivity index (χ3v) is 2.42. The Labute approximate surface area is 108 Å². The normalized spacial score (nSPS) is 15.3. The standard InChI is InChI=1S/C14H20N2O2/c1-4-17-12-6-5-7-13(8-12)18-11(2)9-14(3,16)10-15/h5-8,11H,4,9,16H2,1-3H3. The molecule has 0 aliphatic carbocycles. The summed E-state index contributed by atoms with van der Waals surface area (Å²) in [6.45, 7) is 6.15. The predicted molar refractivity (Wildman–Crippen MR) is 70.5 cm³/mol. The molecule has 2 N–H and O–H groups in total. The minimum absolute atomic E-state index is 0.128. The van der Waals surface area contributed by atoms with E-state index in [-0.39, 0.29) is 6.10 Å². The van der Waals surface area contributed by atoms with E-state index in [1.807, 2.05) is 38.1 Å². The van der Waals surface area contributed by atoms with Gasteiger partial charge in [0.1, 0.15) is 17.0 Å². The van der Waals surface area contributed by atoms with E-state index in [1.54, 1.807) is 6.92 Å². The molecule has 0 bridgehead atoms. The Bertz CT molecular complexity index is 424. The predicted octanol–water partition coefficient (Wildman–Crippen LogP) is 2.48. The lowest BCUT2D eigenvalue weighted by Gasteiger charge is -2.21. The highest BCUT2D eigenvalue weighted by Gasteiger charge is 2.22. The minimum Gasteiger partial charge on any atom is -0.494 e. The summed E-state index contributed by atoms with van der Waals surface area (Å²) in [6.07, 6.45) is 0.346. The van der Waals surface area contributed by atoms with E-state index >= 15 is 0 Å². The molecule has 2 atom stereocenters. The molecule has 0 aliphatic heterocycles. The van der Waals surface area contributed by atoms with Crippen LogP contribution in [0.15, 0.2) is 24.3 Å². The molecule has 18 heavy (non-hydrogen) atoms. The number of nitrogens with two attached hydrogens (primary N) is 1. The van der Waals surface area contributed by atoms with Gasteiger partial charge >= 0.3 is 0 Å². The van der Waals surface area contributed by atoms with E-state index < -0.39 is 5.54 Å². The highest BCUT2D eigenvalue weighted by atomic mass is 16.5. The second-order valence-corrected chi connectivity index (χ2v) is 4.57. The Kier molecular flexibility index (Phi) is 4.99. The number of hydrogen-bond acceptors (Lipinski definition) is 4. The van der Waals surface area contributed by atoms with Gasteiger partial charge in [-0.15, -0.1) is 0 Å². The molecule has 4 heteroatoms. The van der Waals surface area contributed by atoms with Gasteiger partial charge in [-0.05, 0) is 32.9 Å². The molecular weight excluding hydrogens is 228 g/mol. The molecule has 0 radical (unpaired) electrons. The molecule has 0 heterocycles. The van der Waals surface area contributed by atoms with Crippen LogP contribution in [0.1, 0.15) is 27.2 Å². The van der Waals surface area contributed by atoms with Crippen LogP contribution in [-0.2, 0) is 0 Å². The molecular formula is C14H20N2O2. The highest BCUT2D eigenvalue weighted by Crippen LogP contribution is 2.22. The summed E-state index contributed by atoms with van der Waals surface area (Å²) in [5.74, 6) is 1.50. The van der Waals surface area contributed by atoms with Crippen molar-refractivity contribution in [2.75, 3.05) is 6.61 Å². The van der Waals surface area contributed by atoms with E-state index in [4.69, 9.17) is 20.5 Å². The number of nitrogens with zero attached hydrogens (tertiary/aromatic N) is 1. The molecule has 98 valence electrons. The summed E-state index contributed by atoms with van der Waals surface area (Å²) in [7, 11) is 0. The van der Waals surface area contributed by atoms with Crippen LogP contribution in [-0.4, -0.2) is 18.2 Å². The number of nitriles is 1. The Balaban J connectivity index is 2.62. The molecule has 1 aromatic carbocycles. The van der Waals surface area contributed by atoms with Crippen LogP contribution < -0.4 is 15.2 Å². The first kappa shape index (κ1) is 14.3. The molecule has 0 aromatic heterocycles. The molecule has 0 saturated heterocycles. The van der Waals surface area contributed by atoms with Gasteiger partial charge in [-0.3, -0.25) is 0 Å². The zero-order chi connectivity index (χ0) is 13.6. The number of ether oxygens (including phenoxy) is 2. The summed E-state index contributed by atoms with van der Waals surface area (Å²) in [4.78, 5) is 0. The Morgan fingerprint density at radius 3 is 2.72 bits per heavy atom. The van der Waals surface area contributed by atoms with Crippen LogP contribution in [0.4, 0.5) is 0 Å². The van der Waals surface area contributed by atoms with Gasteiger partial charge in [-0.25, -0.2) is 0 Å². The first-order valence-electron chi connectivity index (χ1n) is 6.06. The fraction of sp³-hybridized carbons (Fsp3) is 0.500. The maximum absolute atomic E-state index is 8.87. The molecule has 0 saturated carbocycles. The summed E-state index contributed by atoms with van der Waals surface area (Å²) < 4.78 is 11.1. The van der Waals surface area contributed by atoms with Gasteiger partial charge in [0, 0.05) is 12.5 Å². The van der Waals surface area contributed by atoms with E-state index in [1.165, 1.54) is 0 Å². The SMILES string of the molecule is CCOc1cccc(OC(C)CC(C)(N)C#N)c1. The molecule has 0 aliphatic rings. The second-order valence-electron chi connectivity index (χ2n) is 4.57. The minimum atomic E-state index is -0.864. The molecule has 0 amide bonds. The van der Waals surface area contributed by atoms with Crippen LogP contribution in [0.5, 0.6) is 11.5 Å². The quantitative estimate of drug-likeness (QED) is 0.839. The van der Waals surface area contributed by atoms with Gasteiger partial charge < -0.3 is 15.2 Å². The van der Waals surface area contributed by atoms with Crippen LogP contribution in [0.3, 0.4) is 0 Å². The van der Waals surface area contributed by atoms with Gasteiger partial charge in [-0.1, -0.05) is 6.07 Å². The van der Waals surface area contributed by atoms with Gasteiger partial charge in [0.25, 0.3) is 0 Å². The zero-order valence-electron chi connectivity index (χ0n) is 11.1. The van der Waals surface area contributed by atoms with Gasteiger partial charge in [0.05, 0.1) is 18.8 Å². The molecule has 4 nitrogen and oxygen atoms in total. The number of hydrogen-bond donors (Lipinski definition) is 1. The average molecular weight is 248 g/mol. The van der Waals surface area contributed by atoms with Crippen molar-refractivity contribution in [2.45, 2.75) is 38.8 Å². The summed E-state index contributed by atoms with van der Waals surface area (Å²) in [5, 5.41) is 8.87. The molecule has 0 spiro atoms. The van der Waals surface area contributed by atoms with Crippen LogP contribution in [0, 0.1) is 11.3 Å². The fourth-order valence-electron chi connectivity index (χ4n) is 1.72. The van der Waals surface area contributed by atoms with Crippen molar-refractivity contribution in [3.8, 4) is 17.6 Å². The third-order valence-electron chi connectivity index (χ3n) is 2.42. The molecule has 2 unspecified atom stereocenters. The van der Waals surface area contributed by atoms with E-state index in [9.17, 15) is 0 Å². The fourth-order valence-corrected chi connectivity index (χ4v) is 1.72. The van der Waals surface area contributed by atoms with Crippen LogP contribution in [0.25, 0.3) is 0 Å². The average Bonchev–Trinajstić information content (AvgIpc) is 2.29. The van der Waals surface area contributed by atoms with E-state index in [0.29, 0.717) is 13.0 Å². The lowest BCUT2D eigenvalue weighted by atomic mass is 9.98. The Morgan fingerprint density at radius 2 is 2.11 bits per heavy atom. The monoisotopic (exact) mass is 248 g/mol. The lowest BCUT2D eigenvalue weighted by Crippen LogP contribution is -2.38. The maximum Gasteiger partial charge on any atom is 0.123 e. The summed E-state index contributed by atoms with van der Waals surface area (Å²) >= 11 is 0. The second kappa shape index (κ2) is 6.27. The van der Waals surface area contributed by atoms with Crippen LogP contribution >= 0.6 is 0 Å². The van der Waals surface area contributed by atoms with Crippen molar-refractivity contribution in [1.82, 2.24) is 0 Å². The number of rotatable bonds is 6. The Morgan fingerprint density at radius 1 is 1.44 bits per heavy atom. The van der Waals surface area contributed by atoms with Gasteiger partial charge in [-0.2, -0.15) is 5.26 Å². The summed E-state index contributed by atoms with van der Waals surface area (Å²) in [6, 6.07) is 9.51. The van der Waals surface area contributed by atoms with Gasteiger partial charge in [0.15, 0.2) is 0 Å². The lowest BCUT2D eigenvalue weighted by molar-refractivity contribution is 0.190. The van der Waals surface area contributed by atoms with Crippen molar-refractivity contribution in [3.63, 3.8) is 0 Å². The van der Waals surface area contributed by atoms with Crippen LogP contribution in [0.2, 0.25) is 0 Å². The van der Waals surface area contributed by atoms with Crippen molar-refractivity contribution in [1.29, 1.82) is 5.26 Å². The first-order valence-corrected chi connectivity index (χ1v) is 6.06. The van der Waals surface area contributed by atoms with E-state index in [0.717, 1.165) is 11.5 Å². The van der Waals surface area contributed by atoms with Crippen molar-refractivity contribution in [2.24, 2.45) is 5.73 Å². The smallest absolute Gasteiger partial charge is 0.123 e.